The van der Waals surface area contributed by atoms with Crippen molar-refractivity contribution in [3.05, 3.63) is 58.2 Å². The predicted molar refractivity (Wildman–Crippen MR) is 112 cm³/mol. The number of alkyl halides is 3. The first kappa shape index (κ1) is 22.7. The van der Waals surface area contributed by atoms with E-state index in [-0.39, 0.29) is 35.4 Å². The van der Waals surface area contributed by atoms with Gasteiger partial charge in [-0.2, -0.15) is 13.2 Å². The third-order valence-electron chi connectivity index (χ3n) is 4.57. The molecular formula is C22H17BrF3NO4. The first-order valence-corrected chi connectivity index (χ1v) is 10.1. The molecule has 0 unspecified atom stereocenters. The zero-order valence-corrected chi connectivity index (χ0v) is 17.9. The van der Waals surface area contributed by atoms with Gasteiger partial charge in [0.25, 0.3) is 0 Å². The van der Waals surface area contributed by atoms with Crippen LogP contribution in [0, 0.1) is 0 Å². The van der Waals surface area contributed by atoms with E-state index in [4.69, 9.17) is 4.74 Å². The van der Waals surface area contributed by atoms with Crippen LogP contribution in [0.25, 0.3) is 22.0 Å². The first-order chi connectivity index (χ1) is 14.6. The summed E-state index contributed by atoms with van der Waals surface area (Å²) in [5.41, 5.74) is 0.541. The Morgan fingerprint density at radius 1 is 1.06 bits per heavy atom. The number of aromatic nitrogens is 1. The third-order valence-corrected chi connectivity index (χ3v) is 5.37. The van der Waals surface area contributed by atoms with Gasteiger partial charge in [-0.25, -0.2) is 4.98 Å². The molecule has 0 aliphatic carbocycles. The standard InChI is InChI=1S/C22H17BrF3NO4/c1-2-31-18(29)10-9-17(28)20-21(30)19(23)15-8-5-13(11-16(15)27-20)12-3-6-14(7-4-12)22(24,25)26/h3-8,11,30H,2,9-10H2,1H3. The summed E-state index contributed by atoms with van der Waals surface area (Å²) in [5.74, 6) is -1.41. The molecule has 3 rings (SSSR count). The second-order valence-corrected chi connectivity index (χ2v) is 7.45. The number of ketones is 1. The number of pyridine rings is 1. The second-order valence-electron chi connectivity index (χ2n) is 6.66. The van der Waals surface area contributed by atoms with Gasteiger partial charge in [-0.1, -0.05) is 24.3 Å². The van der Waals surface area contributed by atoms with E-state index < -0.39 is 23.5 Å². The summed E-state index contributed by atoms with van der Waals surface area (Å²) < 4.78 is 43.4. The van der Waals surface area contributed by atoms with Gasteiger partial charge in [0, 0.05) is 11.8 Å². The van der Waals surface area contributed by atoms with Crippen molar-refractivity contribution >= 4 is 38.6 Å². The SMILES string of the molecule is CCOC(=O)CCC(=O)c1nc2cc(-c3ccc(C(F)(F)F)cc3)ccc2c(Br)c1O. The van der Waals surface area contributed by atoms with Crippen LogP contribution in [0.15, 0.2) is 46.9 Å². The average molecular weight is 496 g/mol. The Kier molecular flexibility index (Phi) is 6.64. The van der Waals surface area contributed by atoms with E-state index in [1.54, 1.807) is 25.1 Å². The highest BCUT2D eigenvalue weighted by Gasteiger charge is 2.30. The normalized spacial score (nSPS) is 11.5. The topological polar surface area (TPSA) is 76.5 Å². The van der Waals surface area contributed by atoms with Crippen molar-refractivity contribution in [1.29, 1.82) is 0 Å². The molecule has 0 saturated carbocycles. The molecule has 0 radical (unpaired) electrons. The number of hydrogen-bond donors (Lipinski definition) is 1. The first-order valence-electron chi connectivity index (χ1n) is 9.30. The van der Waals surface area contributed by atoms with E-state index in [0.717, 1.165) is 12.1 Å². The molecule has 0 bridgehead atoms. The Hall–Kier alpha value is -2.94. The van der Waals surface area contributed by atoms with Crippen molar-refractivity contribution in [2.75, 3.05) is 6.61 Å². The van der Waals surface area contributed by atoms with Crippen LogP contribution in [-0.2, 0) is 15.7 Å². The molecule has 0 saturated heterocycles. The van der Waals surface area contributed by atoms with Crippen LogP contribution in [0.5, 0.6) is 5.75 Å². The van der Waals surface area contributed by atoms with Crippen molar-refractivity contribution in [3.8, 4) is 16.9 Å². The second kappa shape index (κ2) is 9.05. The molecule has 1 heterocycles. The van der Waals surface area contributed by atoms with E-state index in [1.807, 2.05) is 0 Å². The van der Waals surface area contributed by atoms with E-state index in [1.165, 1.54) is 12.1 Å². The van der Waals surface area contributed by atoms with E-state index in [9.17, 15) is 27.9 Å². The number of aromatic hydroxyl groups is 1. The van der Waals surface area contributed by atoms with Crippen LogP contribution < -0.4 is 0 Å². The molecule has 1 aromatic heterocycles. The van der Waals surface area contributed by atoms with E-state index in [2.05, 4.69) is 20.9 Å². The molecule has 0 spiro atoms. The largest absolute Gasteiger partial charge is 0.504 e. The Balaban J connectivity index is 1.95. The highest BCUT2D eigenvalue weighted by Crippen LogP contribution is 2.37. The van der Waals surface area contributed by atoms with Crippen LogP contribution in [0.2, 0.25) is 0 Å². The fourth-order valence-corrected chi connectivity index (χ4v) is 3.53. The molecule has 5 nitrogen and oxygen atoms in total. The van der Waals surface area contributed by atoms with Crippen LogP contribution in [0.3, 0.4) is 0 Å². The maximum atomic E-state index is 12.8. The van der Waals surface area contributed by atoms with Gasteiger partial charge in [0.2, 0.25) is 0 Å². The summed E-state index contributed by atoms with van der Waals surface area (Å²) >= 11 is 3.26. The Morgan fingerprint density at radius 2 is 1.71 bits per heavy atom. The molecule has 0 fully saturated rings. The molecule has 2 aromatic carbocycles. The summed E-state index contributed by atoms with van der Waals surface area (Å²) in [6.45, 7) is 1.85. The van der Waals surface area contributed by atoms with Gasteiger partial charge in [-0.3, -0.25) is 9.59 Å². The van der Waals surface area contributed by atoms with E-state index >= 15 is 0 Å². The number of nitrogens with zero attached hydrogens (tertiary/aromatic N) is 1. The summed E-state index contributed by atoms with van der Waals surface area (Å²) in [6.07, 6.45) is -4.75. The van der Waals surface area contributed by atoms with Gasteiger partial charge < -0.3 is 9.84 Å². The maximum absolute atomic E-state index is 12.8. The number of benzene rings is 2. The number of fused-ring (bicyclic) bond motifs is 1. The lowest BCUT2D eigenvalue weighted by Crippen LogP contribution is -2.09. The monoisotopic (exact) mass is 495 g/mol. The lowest BCUT2D eigenvalue weighted by Gasteiger charge is -2.11. The summed E-state index contributed by atoms with van der Waals surface area (Å²) in [5, 5.41) is 10.9. The van der Waals surface area contributed by atoms with Crippen molar-refractivity contribution < 1.29 is 32.6 Å². The van der Waals surface area contributed by atoms with Crippen molar-refractivity contribution in [3.63, 3.8) is 0 Å². The lowest BCUT2D eigenvalue weighted by atomic mass is 10.0. The molecule has 9 heteroatoms. The van der Waals surface area contributed by atoms with Gasteiger partial charge in [0.15, 0.2) is 11.5 Å². The number of rotatable bonds is 6. The summed E-state index contributed by atoms with van der Waals surface area (Å²) in [6, 6.07) is 9.62. The molecule has 0 atom stereocenters. The number of carbonyl (C=O) groups excluding carboxylic acids is 2. The minimum atomic E-state index is -4.43. The minimum absolute atomic E-state index is 0.144. The molecule has 0 amide bonds. The minimum Gasteiger partial charge on any atom is -0.504 e. The van der Waals surface area contributed by atoms with E-state index in [0.29, 0.717) is 22.0 Å². The lowest BCUT2D eigenvalue weighted by molar-refractivity contribution is -0.143. The van der Waals surface area contributed by atoms with Crippen LogP contribution >= 0.6 is 15.9 Å². The Bertz CT molecular complexity index is 1140. The Labute approximate surface area is 184 Å². The molecule has 3 aromatic rings. The zero-order chi connectivity index (χ0) is 22.8. The van der Waals surface area contributed by atoms with Crippen LogP contribution in [0.1, 0.15) is 35.8 Å². The number of esters is 1. The number of carbonyl (C=O) groups is 2. The van der Waals surface area contributed by atoms with Crippen LogP contribution in [0.4, 0.5) is 13.2 Å². The number of Topliss-reactive ketones (excluding diaryl/α,β-unsaturated/α-hetero) is 1. The third kappa shape index (κ3) is 5.04. The fraction of sp³-hybridized carbons (Fsp3) is 0.227. The molecular weight excluding hydrogens is 479 g/mol. The van der Waals surface area contributed by atoms with Gasteiger partial charge in [0.1, 0.15) is 5.69 Å². The van der Waals surface area contributed by atoms with Gasteiger partial charge in [-0.15, -0.1) is 0 Å². The van der Waals surface area contributed by atoms with Gasteiger partial charge in [0.05, 0.1) is 28.6 Å². The van der Waals surface area contributed by atoms with Crippen molar-refractivity contribution in [2.24, 2.45) is 0 Å². The predicted octanol–water partition coefficient (Wildman–Crippen LogP) is 5.91. The van der Waals surface area contributed by atoms with Crippen molar-refractivity contribution in [1.82, 2.24) is 4.98 Å². The molecule has 31 heavy (non-hydrogen) atoms. The fourth-order valence-electron chi connectivity index (χ4n) is 3.01. The van der Waals surface area contributed by atoms with Gasteiger partial charge >= 0.3 is 12.1 Å². The smallest absolute Gasteiger partial charge is 0.416 e. The highest BCUT2D eigenvalue weighted by atomic mass is 79.9. The molecule has 1 N–H and O–H groups in total. The summed E-state index contributed by atoms with van der Waals surface area (Å²) in [4.78, 5) is 28.2. The molecule has 0 aliphatic rings. The van der Waals surface area contributed by atoms with Crippen molar-refractivity contribution in [2.45, 2.75) is 25.9 Å². The Morgan fingerprint density at radius 3 is 2.32 bits per heavy atom. The zero-order valence-electron chi connectivity index (χ0n) is 16.3. The highest BCUT2D eigenvalue weighted by molar-refractivity contribution is 9.10. The van der Waals surface area contributed by atoms with Crippen LogP contribution in [-0.4, -0.2) is 28.4 Å². The molecule has 162 valence electrons. The number of hydrogen-bond acceptors (Lipinski definition) is 5. The number of halogens is 4. The quantitative estimate of drug-likeness (QED) is 0.339. The average Bonchev–Trinajstić information content (AvgIpc) is 2.74. The molecule has 0 aliphatic heterocycles. The maximum Gasteiger partial charge on any atom is 0.416 e. The summed E-state index contributed by atoms with van der Waals surface area (Å²) in [7, 11) is 0. The van der Waals surface area contributed by atoms with Gasteiger partial charge in [-0.05, 0) is 52.2 Å². The number of ether oxygens (including phenoxy) is 1.